The van der Waals surface area contributed by atoms with E-state index in [1.165, 1.54) is 18.2 Å². The van der Waals surface area contributed by atoms with Crippen LogP contribution in [0.3, 0.4) is 0 Å². The van der Waals surface area contributed by atoms with Gasteiger partial charge in [-0.3, -0.25) is 9.79 Å². The van der Waals surface area contributed by atoms with Gasteiger partial charge >= 0.3 is 5.97 Å². The monoisotopic (exact) mass is 335 g/mol. The van der Waals surface area contributed by atoms with Crippen molar-refractivity contribution in [1.82, 2.24) is 10.6 Å². The zero-order valence-electron chi connectivity index (χ0n) is 15.1. The van der Waals surface area contributed by atoms with Crippen molar-refractivity contribution in [3.63, 3.8) is 0 Å². The molecule has 0 aromatic heterocycles. The molecule has 0 unspecified atom stereocenters. The predicted octanol–water partition coefficient (Wildman–Crippen LogP) is 2.05. The van der Waals surface area contributed by atoms with Gasteiger partial charge in [-0.05, 0) is 37.8 Å². The maximum absolute atomic E-state index is 11.0. The van der Waals surface area contributed by atoms with Crippen LogP contribution in [-0.2, 0) is 16.0 Å². The summed E-state index contributed by atoms with van der Waals surface area (Å²) in [6.45, 7) is 3.61. The maximum atomic E-state index is 11.0. The SMILES string of the molecule is CN=C(NCCCCC(=O)OC)NCCc1cc(C)ccc1OC. The number of rotatable bonds is 9. The summed E-state index contributed by atoms with van der Waals surface area (Å²) in [7, 11) is 4.85. The van der Waals surface area contributed by atoms with Crippen LogP contribution in [0.15, 0.2) is 23.2 Å². The van der Waals surface area contributed by atoms with Crippen molar-refractivity contribution in [1.29, 1.82) is 0 Å². The summed E-state index contributed by atoms with van der Waals surface area (Å²) >= 11 is 0. The third kappa shape index (κ3) is 7.35. The van der Waals surface area contributed by atoms with Crippen LogP contribution in [0.1, 0.15) is 30.4 Å². The summed E-state index contributed by atoms with van der Waals surface area (Å²) in [6.07, 6.45) is 3.00. The first kappa shape index (κ1) is 19.8. The normalized spacial score (nSPS) is 11.1. The Bertz CT molecular complexity index is 544. The number of nitrogens with zero attached hydrogens (tertiary/aromatic N) is 1. The number of guanidine groups is 1. The number of unbranched alkanes of at least 4 members (excludes halogenated alkanes) is 1. The molecule has 0 saturated carbocycles. The van der Waals surface area contributed by atoms with E-state index in [9.17, 15) is 4.79 Å². The van der Waals surface area contributed by atoms with Crippen LogP contribution in [-0.4, -0.2) is 46.3 Å². The van der Waals surface area contributed by atoms with Gasteiger partial charge in [0, 0.05) is 26.6 Å². The number of ether oxygens (including phenoxy) is 2. The van der Waals surface area contributed by atoms with Gasteiger partial charge in [-0.25, -0.2) is 0 Å². The zero-order chi connectivity index (χ0) is 17.8. The first-order valence-corrected chi connectivity index (χ1v) is 8.25. The van der Waals surface area contributed by atoms with E-state index in [2.05, 4.69) is 33.4 Å². The molecule has 1 rings (SSSR count). The highest BCUT2D eigenvalue weighted by Crippen LogP contribution is 2.19. The number of esters is 1. The van der Waals surface area contributed by atoms with Crippen LogP contribution >= 0.6 is 0 Å². The van der Waals surface area contributed by atoms with Gasteiger partial charge in [0.2, 0.25) is 0 Å². The largest absolute Gasteiger partial charge is 0.496 e. The Labute approximate surface area is 144 Å². The Balaban J connectivity index is 2.29. The number of aryl methyl sites for hydroxylation is 1. The molecule has 0 heterocycles. The highest BCUT2D eigenvalue weighted by molar-refractivity contribution is 5.79. The quantitative estimate of drug-likeness (QED) is 0.313. The second kappa shape index (κ2) is 11.3. The van der Waals surface area contributed by atoms with Crippen molar-refractivity contribution in [2.45, 2.75) is 32.6 Å². The van der Waals surface area contributed by atoms with E-state index in [0.717, 1.165) is 44.1 Å². The Kier molecular flexibility index (Phi) is 9.34. The molecule has 0 spiro atoms. The predicted molar refractivity (Wildman–Crippen MR) is 96.7 cm³/mol. The molecule has 6 heteroatoms. The molecule has 6 nitrogen and oxygen atoms in total. The van der Waals surface area contributed by atoms with Gasteiger partial charge < -0.3 is 20.1 Å². The molecule has 1 aromatic carbocycles. The molecule has 0 fully saturated rings. The Morgan fingerprint density at radius 3 is 2.58 bits per heavy atom. The van der Waals surface area contributed by atoms with Crippen LogP contribution in [0.4, 0.5) is 0 Å². The molecule has 24 heavy (non-hydrogen) atoms. The van der Waals surface area contributed by atoms with E-state index in [-0.39, 0.29) is 5.97 Å². The number of nitrogens with one attached hydrogen (secondary N) is 2. The van der Waals surface area contributed by atoms with E-state index in [1.54, 1.807) is 14.2 Å². The van der Waals surface area contributed by atoms with Crippen LogP contribution in [0, 0.1) is 6.92 Å². The lowest BCUT2D eigenvalue weighted by Gasteiger charge is -2.13. The van der Waals surface area contributed by atoms with Crippen molar-refractivity contribution < 1.29 is 14.3 Å². The molecule has 0 amide bonds. The summed E-state index contributed by atoms with van der Waals surface area (Å²) < 4.78 is 10.0. The molecular formula is C18H29N3O3. The van der Waals surface area contributed by atoms with Gasteiger partial charge in [-0.1, -0.05) is 17.7 Å². The van der Waals surface area contributed by atoms with E-state index < -0.39 is 0 Å². The molecule has 2 N–H and O–H groups in total. The van der Waals surface area contributed by atoms with Gasteiger partial charge in [0.15, 0.2) is 5.96 Å². The number of benzene rings is 1. The maximum Gasteiger partial charge on any atom is 0.305 e. The topological polar surface area (TPSA) is 72.0 Å². The van der Waals surface area contributed by atoms with Crippen molar-refractivity contribution >= 4 is 11.9 Å². The van der Waals surface area contributed by atoms with Crippen LogP contribution < -0.4 is 15.4 Å². The minimum absolute atomic E-state index is 0.162. The van der Waals surface area contributed by atoms with Gasteiger partial charge in [-0.2, -0.15) is 0 Å². The van der Waals surface area contributed by atoms with E-state index >= 15 is 0 Å². The first-order valence-electron chi connectivity index (χ1n) is 8.25. The first-order chi connectivity index (χ1) is 11.6. The average molecular weight is 335 g/mol. The molecule has 0 radical (unpaired) electrons. The van der Waals surface area contributed by atoms with Crippen molar-refractivity contribution in [2.24, 2.45) is 4.99 Å². The number of carbonyl (C=O) groups excluding carboxylic acids is 1. The van der Waals surface area contributed by atoms with Crippen molar-refractivity contribution in [3.8, 4) is 5.75 Å². The average Bonchev–Trinajstić information content (AvgIpc) is 2.59. The van der Waals surface area contributed by atoms with Crippen LogP contribution in [0.5, 0.6) is 5.75 Å². The third-order valence-electron chi connectivity index (χ3n) is 3.67. The van der Waals surface area contributed by atoms with Crippen molar-refractivity contribution in [2.75, 3.05) is 34.4 Å². The fourth-order valence-corrected chi connectivity index (χ4v) is 2.34. The van der Waals surface area contributed by atoms with Crippen molar-refractivity contribution in [3.05, 3.63) is 29.3 Å². The van der Waals surface area contributed by atoms with E-state index in [0.29, 0.717) is 6.42 Å². The number of carbonyl (C=O) groups is 1. The minimum Gasteiger partial charge on any atom is -0.496 e. The van der Waals surface area contributed by atoms with Crippen LogP contribution in [0.2, 0.25) is 0 Å². The number of aliphatic imine (C=N–C) groups is 1. The van der Waals surface area contributed by atoms with E-state index in [1.807, 2.05) is 12.1 Å². The molecule has 0 bridgehead atoms. The summed E-state index contributed by atoms with van der Waals surface area (Å²) in [5.74, 6) is 1.51. The fraction of sp³-hybridized carbons (Fsp3) is 0.556. The number of hydrogen-bond donors (Lipinski definition) is 2. The van der Waals surface area contributed by atoms with Gasteiger partial charge in [0.1, 0.15) is 5.75 Å². The summed E-state index contributed by atoms with van der Waals surface area (Å²) in [5.41, 5.74) is 2.40. The fourth-order valence-electron chi connectivity index (χ4n) is 2.34. The number of methoxy groups -OCH3 is 2. The molecule has 0 aliphatic carbocycles. The van der Waals surface area contributed by atoms with Crippen LogP contribution in [0.25, 0.3) is 0 Å². The lowest BCUT2D eigenvalue weighted by Crippen LogP contribution is -2.38. The standard InChI is InChI=1S/C18H29N3O3/c1-14-8-9-16(23-3)15(13-14)10-12-21-18(19-2)20-11-6-5-7-17(22)24-4/h8-9,13H,5-7,10-12H2,1-4H3,(H2,19,20,21). The highest BCUT2D eigenvalue weighted by Gasteiger charge is 2.04. The lowest BCUT2D eigenvalue weighted by atomic mass is 10.1. The molecule has 1 aromatic rings. The summed E-state index contributed by atoms with van der Waals surface area (Å²) in [6, 6.07) is 6.19. The smallest absolute Gasteiger partial charge is 0.305 e. The molecule has 0 aliphatic rings. The Hall–Kier alpha value is -2.24. The summed E-state index contributed by atoms with van der Waals surface area (Å²) in [4.78, 5) is 15.2. The van der Waals surface area contributed by atoms with E-state index in [4.69, 9.17) is 4.74 Å². The second-order valence-corrected chi connectivity index (χ2v) is 5.52. The minimum atomic E-state index is -0.162. The Morgan fingerprint density at radius 2 is 1.92 bits per heavy atom. The molecule has 134 valence electrons. The molecule has 0 saturated heterocycles. The highest BCUT2D eigenvalue weighted by atomic mass is 16.5. The Morgan fingerprint density at radius 1 is 1.17 bits per heavy atom. The molecule has 0 aliphatic heterocycles. The van der Waals surface area contributed by atoms with Gasteiger partial charge in [0.05, 0.1) is 14.2 Å². The molecular weight excluding hydrogens is 306 g/mol. The summed E-state index contributed by atoms with van der Waals surface area (Å²) in [5, 5.41) is 6.53. The third-order valence-corrected chi connectivity index (χ3v) is 3.67. The number of hydrogen-bond acceptors (Lipinski definition) is 4. The lowest BCUT2D eigenvalue weighted by molar-refractivity contribution is -0.140. The second-order valence-electron chi connectivity index (χ2n) is 5.52. The molecule has 0 atom stereocenters. The van der Waals surface area contributed by atoms with Gasteiger partial charge in [-0.15, -0.1) is 0 Å². The zero-order valence-corrected chi connectivity index (χ0v) is 15.1. The van der Waals surface area contributed by atoms with Gasteiger partial charge in [0.25, 0.3) is 0 Å².